The summed E-state index contributed by atoms with van der Waals surface area (Å²) in [5, 5.41) is 13.0. The molecule has 208 valence electrons. The highest BCUT2D eigenvalue weighted by molar-refractivity contribution is 7.10. The number of nitro groups is 1. The van der Waals surface area contributed by atoms with E-state index in [0.717, 1.165) is 16.0 Å². The van der Waals surface area contributed by atoms with Gasteiger partial charge in [0.05, 0.1) is 32.3 Å². The first-order valence-corrected chi connectivity index (χ1v) is 13.2. The van der Waals surface area contributed by atoms with Gasteiger partial charge in [-0.3, -0.25) is 19.7 Å². The third-order valence-corrected chi connectivity index (χ3v) is 7.29. The number of nitro benzene ring substituents is 1. The highest BCUT2D eigenvalue weighted by Crippen LogP contribution is 2.28. The van der Waals surface area contributed by atoms with Crippen LogP contribution in [-0.2, 0) is 22.5 Å². The zero-order valence-electron chi connectivity index (χ0n) is 22.5. The lowest BCUT2D eigenvalue weighted by Gasteiger charge is -2.28. The molecule has 0 spiro atoms. The first kappa shape index (κ1) is 29.6. The molecule has 0 aliphatic heterocycles. The topological polar surface area (TPSA) is 111 Å². The van der Waals surface area contributed by atoms with Crippen molar-refractivity contribution >= 4 is 28.8 Å². The number of benzene rings is 2. The molecule has 0 saturated heterocycles. The van der Waals surface area contributed by atoms with Crippen LogP contribution >= 0.6 is 11.3 Å². The van der Waals surface area contributed by atoms with E-state index < -0.39 is 10.8 Å². The third-order valence-electron chi connectivity index (χ3n) is 6.28. The minimum atomic E-state index is -0.524. The molecule has 0 unspecified atom stereocenters. The van der Waals surface area contributed by atoms with Gasteiger partial charge >= 0.3 is 0 Å². The summed E-state index contributed by atoms with van der Waals surface area (Å²) in [6.07, 6.45) is 0.574. The molecule has 0 aliphatic carbocycles. The molecule has 10 nitrogen and oxygen atoms in total. The van der Waals surface area contributed by atoms with Crippen LogP contribution in [0.25, 0.3) is 0 Å². The van der Waals surface area contributed by atoms with E-state index in [0.29, 0.717) is 31.0 Å². The molecule has 1 aromatic heterocycles. The van der Waals surface area contributed by atoms with Crippen LogP contribution in [0.1, 0.15) is 26.4 Å². The smallest absolute Gasteiger partial charge is 0.269 e. The predicted octanol–water partition coefficient (Wildman–Crippen LogP) is 4.34. The summed E-state index contributed by atoms with van der Waals surface area (Å²) >= 11 is 1.58. The van der Waals surface area contributed by atoms with E-state index >= 15 is 0 Å². The monoisotopic (exact) mass is 555 g/mol. The maximum absolute atomic E-state index is 13.6. The van der Waals surface area contributed by atoms with Gasteiger partial charge in [0, 0.05) is 42.8 Å². The number of amides is 2. The average molecular weight is 556 g/mol. The number of non-ortho nitro benzene ring substituents is 1. The molecule has 0 fully saturated rings. The van der Waals surface area contributed by atoms with E-state index in [1.54, 1.807) is 30.5 Å². The summed E-state index contributed by atoms with van der Waals surface area (Å²) in [6.45, 7) is 3.12. The van der Waals surface area contributed by atoms with Crippen molar-refractivity contribution in [1.82, 2.24) is 9.80 Å². The standard InChI is InChI=1S/C28H33N3O7S/c1-20-12-16-39-26(20)18-29(13-11-21-5-10-24(37-3)25(17-21)38-4)27(32)19-30(14-15-36-2)28(33)22-6-8-23(9-7-22)31(34)35/h5-10,12,16-17H,11,13-15,18-19H2,1-4H3. The minimum absolute atomic E-state index is 0.112. The van der Waals surface area contributed by atoms with Crippen LogP contribution in [0, 0.1) is 17.0 Å². The van der Waals surface area contributed by atoms with Crippen molar-refractivity contribution in [3.8, 4) is 11.5 Å². The van der Waals surface area contributed by atoms with Crippen LogP contribution < -0.4 is 9.47 Å². The van der Waals surface area contributed by atoms with Gasteiger partial charge in [0.25, 0.3) is 11.6 Å². The van der Waals surface area contributed by atoms with E-state index in [2.05, 4.69) is 0 Å². The number of carbonyl (C=O) groups excluding carboxylic acids is 2. The number of thiophene rings is 1. The van der Waals surface area contributed by atoms with Crippen molar-refractivity contribution < 1.29 is 28.7 Å². The van der Waals surface area contributed by atoms with E-state index in [9.17, 15) is 19.7 Å². The summed E-state index contributed by atoms with van der Waals surface area (Å²) in [7, 11) is 4.67. The first-order valence-electron chi connectivity index (χ1n) is 12.3. The molecule has 39 heavy (non-hydrogen) atoms. The third kappa shape index (κ3) is 8.01. The van der Waals surface area contributed by atoms with Gasteiger partial charge in [-0.25, -0.2) is 0 Å². The zero-order valence-corrected chi connectivity index (χ0v) is 23.4. The van der Waals surface area contributed by atoms with Crippen LogP contribution in [0.2, 0.25) is 0 Å². The fourth-order valence-corrected chi connectivity index (χ4v) is 4.88. The Morgan fingerprint density at radius 1 is 0.949 bits per heavy atom. The summed E-state index contributed by atoms with van der Waals surface area (Å²) in [5.74, 6) is 0.625. The van der Waals surface area contributed by atoms with E-state index in [4.69, 9.17) is 14.2 Å². The van der Waals surface area contributed by atoms with Crippen LogP contribution in [0.3, 0.4) is 0 Å². The number of aryl methyl sites for hydroxylation is 1. The van der Waals surface area contributed by atoms with Crippen molar-refractivity contribution in [2.24, 2.45) is 0 Å². The molecule has 0 bridgehead atoms. The maximum atomic E-state index is 13.6. The normalized spacial score (nSPS) is 10.7. The molecule has 0 aliphatic rings. The SMILES string of the molecule is COCCN(CC(=O)N(CCc1ccc(OC)c(OC)c1)Cc1sccc1C)C(=O)c1ccc([N+](=O)[O-])cc1. The lowest BCUT2D eigenvalue weighted by molar-refractivity contribution is -0.384. The van der Waals surface area contributed by atoms with E-state index in [-0.39, 0.29) is 36.9 Å². The van der Waals surface area contributed by atoms with Gasteiger partial charge in [-0.2, -0.15) is 0 Å². The molecule has 0 N–H and O–H groups in total. The lowest BCUT2D eigenvalue weighted by atomic mass is 10.1. The van der Waals surface area contributed by atoms with Crippen molar-refractivity contribution in [3.63, 3.8) is 0 Å². The maximum Gasteiger partial charge on any atom is 0.269 e. The quantitative estimate of drug-likeness (QED) is 0.215. The summed E-state index contributed by atoms with van der Waals surface area (Å²) in [5.41, 5.74) is 2.22. The molecule has 1 heterocycles. The molecule has 0 saturated carbocycles. The number of ether oxygens (including phenoxy) is 3. The molecule has 2 aromatic carbocycles. The summed E-state index contributed by atoms with van der Waals surface area (Å²) in [4.78, 5) is 41.6. The number of methoxy groups -OCH3 is 3. The Morgan fingerprint density at radius 2 is 1.67 bits per heavy atom. The Hall–Kier alpha value is -3.96. The fourth-order valence-electron chi connectivity index (χ4n) is 3.96. The van der Waals surface area contributed by atoms with Gasteiger partial charge < -0.3 is 24.0 Å². The number of hydrogen-bond acceptors (Lipinski definition) is 8. The van der Waals surface area contributed by atoms with Crippen LogP contribution in [0.15, 0.2) is 53.9 Å². The first-order chi connectivity index (χ1) is 18.8. The fraction of sp³-hybridized carbons (Fsp3) is 0.357. The van der Waals surface area contributed by atoms with Crippen molar-refractivity contribution in [2.75, 3.05) is 47.6 Å². The second kappa shape index (κ2) is 14.3. The molecule has 0 atom stereocenters. The summed E-state index contributed by atoms with van der Waals surface area (Å²) < 4.78 is 15.9. The Bertz CT molecular complexity index is 1280. The second-order valence-corrected chi connectivity index (χ2v) is 9.81. The number of nitrogens with zero attached hydrogens (tertiary/aromatic N) is 3. The average Bonchev–Trinajstić information content (AvgIpc) is 3.36. The summed E-state index contributed by atoms with van der Waals surface area (Å²) in [6, 6.07) is 13.0. The number of carbonyl (C=O) groups is 2. The van der Waals surface area contributed by atoms with Gasteiger partial charge in [-0.1, -0.05) is 6.07 Å². The highest BCUT2D eigenvalue weighted by atomic mass is 32.1. The molecule has 11 heteroatoms. The largest absolute Gasteiger partial charge is 0.493 e. The predicted molar refractivity (Wildman–Crippen MR) is 149 cm³/mol. The van der Waals surface area contributed by atoms with Crippen LogP contribution in [0.4, 0.5) is 5.69 Å². The Labute approximate surface area is 231 Å². The zero-order chi connectivity index (χ0) is 28.4. The van der Waals surface area contributed by atoms with Crippen LogP contribution in [-0.4, -0.2) is 74.1 Å². The van der Waals surface area contributed by atoms with Crippen molar-refractivity contribution in [2.45, 2.75) is 19.9 Å². The van der Waals surface area contributed by atoms with E-state index in [1.807, 2.05) is 36.6 Å². The molecule has 3 aromatic rings. The lowest BCUT2D eigenvalue weighted by Crippen LogP contribution is -2.44. The molecular formula is C28H33N3O7S. The number of rotatable bonds is 14. The van der Waals surface area contributed by atoms with Gasteiger partial charge in [0.1, 0.15) is 6.54 Å². The minimum Gasteiger partial charge on any atom is -0.493 e. The van der Waals surface area contributed by atoms with Crippen LogP contribution in [0.5, 0.6) is 11.5 Å². The van der Waals surface area contributed by atoms with Crippen molar-refractivity contribution in [3.05, 3.63) is 85.6 Å². The molecule has 2 amide bonds. The Balaban J connectivity index is 1.80. The Morgan fingerprint density at radius 3 is 2.26 bits per heavy atom. The highest BCUT2D eigenvalue weighted by Gasteiger charge is 2.24. The van der Waals surface area contributed by atoms with Crippen molar-refractivity contribution in [1.29, 1.82) is 0 Å². The molecule has 3 rings (SSSR count). The Kier molecular flexibility index (Phi) is 10.8. The van der Waals surface area contributed by atoms with Gasteiger partial charge in [0.2, 0.25) is 5.91 Å². The van der Waals surface area contributed by atoms with Gasteiger partial charge in [-0.15, -0.1) is 11.3 Å². The second-order valence-electron chi connectivity index (χ2n) is 8.80. The number of hydrogen-bond donors (Lipinski definition) is 0. The molecular weight excluding hydrogens is 522 g/mol. The van der Waals surface area contributed by atoms with Gasteiger partial charge in [0.15, 0.2) is 11.5 Å². The van der Waals surface area contributed by atoms with E-state index in [1.165, 1.54) is 36.3 Å². The molecule has 0 radical (unpaired) electrons. The van der Waals surface area contributed by atoms with Gasteiger partial charge in [-0.05, 0) is 60.2 Å².